The van der Waals surface area contributed by atoms with Crippen LogP contribution in [0.3, 0.4) is 0 Å². The van der Waals surface area contributed by atoms with E-state index in [1.165, 1.54) is 4.90 Å². The summed E-state index contributed by atoms with van der Waals surface area (Å²) in [7, 11) is 0. The molecule has 0 aromatic carbocycles. The fourth-order valence-electron chi connectivity index (χ4n) is 2.12. The van der Waals surface area contributed by atoms with Gasteiger partial charge in [0.15, 0.2) is 0 Å². The molecule has 1 unspecified atom stereocenters. The molecule has 0 saturated carbocycles. The van der Waals surface area contributed by atoms with Crippen molar-refractivity contribution in [2.24, 2.45) is 0 Å². The molecule has 0 radical (unpaired) electrons. The summed E-state index contributed by atoms with van der Waals surface area (Å²) in [5, 5.41) is 8.88. The fraction of sp³-hybridized carbons (Fsp3) is 0.909. The zero-order valence-electron chi connectivity index (χ0n) is 10.1. The molecule has 18 heavy (non-hydrogen) atoms. The Morgan fingerprint density at radius 2 is 2.11 bits per heavy atom. The first-order valence-electron chi connectivity index (χ1n) is 5.99. The van der Waals surface area contributed by atoms with Gasteiger partial charge in [0, 0.05) is 19.2 Å². The summed E-state index contributed by atoms with van der Waals surface area (Å²) >= 11 is 0. The van der Waals surface area contributed by atoms with E-state index in [1.54, 1.807) is 0 Å². The minimum atomic E-state index is -4.41. The number of rotatable bonds is 5. The summed E-state index contributed by atoms with van der Waals surface area (Å²) < 4.78 is 39.9. The van der Waals surface area contributed by atoms with E-state index in [4.69, 9.17) is 5.11 Å². The molecule has 1 fully saturated rings. The first-order chi connectivity index (χ1) is 8.44. The molecule has 1 aliphatic heterocycles. The highest BCUT2D eigenvalue weighted by atomic mass is 19.4. The van der Waals surface area contributed by atoms with Crippen molar-refractivity contribution in [1.29, 1.82) is 0 Å². The molecule has 1 atom stereocenters. The van der Waals surface area contributed by atoms with Gasteiger partial charge in [0.25, 0.3) is 0 Å². The maximum absolute atomic E-state index is 11.9. The number of likely N-dealkylation sites (tertiary alicyclic amines) is 1. The maximum Gasteiger partial charge on any atom is 0.411 e. The zero-order chi connectivity index (χ0) is 13.6. The molecule has 1 saturated heterocycles. The van der Waals surface area contributed by atoms with Crippen LogP contribution in [0.2, 0.25) is 0 Å². The highest BCUT2D eigenvalue weighted by Gasteiger charge is 2.30. The molecule has 7 heteroatoms. The van der Waals surface area contributed by atoms with Crippen LogP contribution in [-0.4, -0.2) is 54.5 Å². The topological polar surface area (TPSA) is 49.8 Å². The van der Waals surface area contributed by atoms with Crippen LogP contribution >= 0.6 is 0 Å². The standard InChI is InChI=1S/C11H18F3NO3/c12-11(13,14)8-18-7-10(17)15-5-2-1-3-9(15)4-6-16/h9,16H,1-8H2. The van der Waals surface area contributed by atoms with Crippen molar-refractivity contribution >= 4 is 5.91 Å². The summed E-state index contributed by atoms with van der Waals surface area (Å²) in [5.74, 6) is -0.433. The van der Waals surface area contributed by atoms with Crippen LogP contribution in [0, 0.1) is 0 Å². The molecule has 1 N–H and O–H groups in total. The first kappa shape index (κ1) is 15.2. The molecule has 0 aromatic heterocycles. The van der Waals surface area contributed by atoms with Crippen molar-refractivity contribution in [2.75, 3.05) is 26.4 Å². The Kier molecular flexibility index (Phi) is 5.87. The van der Waals surface area contributed by atoms with Crippen LogP contribution in [0.4, 0.5) is 13.2 Å². The van der Waals surface area contributed by atoms with Crippen LogP contribution in [0.25, 0.3) is 0 Å². The van der Waals surface area contributed by atoms with Crippen LogP contribution in [0.5, 0.6) is 0 Å². The average Bonchev–Trinajstić information content (AvgIpc) is 2.28. The highest BCUT2D eigenvalue weighted by Crippen LogP contribution is 2.20. The minimum absolute atomic E-state index is 0.0299. The van der Waals surface area contributed by atoms with Crippen molar-refractivity contribution in [1.82, 2.24) is 4.90 Å². The second-order valence-corrected chi connectivity index (χ2v) is 4.36. The Hall–Kier alpha value is -0.820. The SMILES string of the molecule is O=C(COCC(F)(F)F)N1CCCCC1CCO. The van der Waals surface area contributed by atoms with Gasteiger partial charge < -0.3 is 14.7 Å². The Labute approximate surface area is 104 Å². The largest absolute Gasteiger partial charge is 0.411 e. The third kappa shape index (κ3) is 5.22. The van der Waals surface area contributed by atoms with E-state index in [9.17, 15) is 18.0 Å². The van der Waals surface area contributed by atoms with Gasteiger partial charge in [0.2, 0.25) is 5.91 Å². The summed E-state index contributed by atoms with van der Waals surface area (Å²) in [6.45, 7) is -1.46. The molecular formula is C11H18F3NO3. The van der Waals surface area contributed by atoms with Crippen molar-refractivity contribution in [3.05, 3.63) is 0 Å². The van der Waals surface area contributed by atoms with E-state index < -0.39 is 25.3 Å². The van der Waals surface area contributed by atoms with Crippen LogP contribution in [-0.2, 0) is 9.53 Å². The number of piperidine rings is 1. The fourth-order valence-corrected chi connectivity index (χ4v) is 2.12. The van der Waals surface area contributed by atoms with E-state index in [0.717, 1.165) is 19.3 Å². The number of ether oxygens (including phenoxy) is 1. The van der Waals surface area contributed by atoms with Crippen molar-refractivity contribution in [2.45, 2.75) is 37.9 Å². The molecule has 0 bridgehead atoms. The van der Waals surface area contributed by atoms with E-state index >= 15 is 0 Å². The molecule has 0 aromatic rings. The molecular weight excluding hydrogens is 251 g/mol. The lowest BCUT2D eigenvalue weighted by molar-refractivity contribution is -0.178. The number of amides is 1. The normalized spacial score (nSPS) is 21.1. The predicted molar refractivity (Wildman–Crippen MR) is 57.9 cm³/mol. The molecule has 4 nitrogen and oxygen atoms in total. The van der Waals surface area contributed by atoms with Crippen molar-refractivity contribution < 1.29 is 27.8 Å². The Morgan fingerprint density at radius 1 is 1.39 bits per heavy atom. The van der Waals surface area contributed by atoms with E-state index in [1.807, 2.05) is 0 Å². The van der Waals surface area contributed by atoms with Gasteiger partial charge in [-0.15, -0.1) is 0 Å². The molecule has 1 rings (SSSR count). The Morgan fingerprint density at radius 3 is 2.72 bits per heavy atom. The number of carbonyl (C=O) groups excluding carboxylic acids is 1. The number of alkyl halides is 3. The zero-order valence-corrected chi connectivity index (χ0v) is 10.1. The summed E-state index contributed by atoms with van der Waals surface area (Å²) in [6.07, 6.45) is -1.35. The lowest BCUT2D eigenvalue weighted by Crippen LogP contribution is -2.46. The Balaban J connectivity index is 2.38. The van der Waals surface area contributed by atoms with E-state index in [-0.39, 0.29) is 12.6 Å². The average molecular weight is 269 g/mol. The van der Waals surface area contributed by atoms with Crippen molar-refractivity contribution in [3.63, 3.8) is 0 Å². The Bertz CT molecular complexity index is 269. The summed E-state index contributed by atoms with van der Waals surface area (Å²) in [4.78, 5) is 13.2. The van der Waals surface area contributed by atoms with Crippen LogP contribution in [0.15, 0.2) is 0 Å². The monoisotopic (exact) mass is 269 g/mol. The number of hydrogen-bond donors (Lipinski definition) is 1. The first-order valence-corrected chi connectivity index (χ1v) is 5.99. The number of carbonyl (C=O) groups is 1. The highest BCUT2D eigenvalue weighted by molar-refractivity contribution is 5.77. The van der Waals surface area contributed by atoms with Gasteiger partial charge in [-0.3, -0.25) is 4.79 Å². The predicted octanol–water partition coefficient (Wildman–Crippen LogP) is 1.33. The third-order valence-electron chi connectivity index (χ3n) is 2.90. The minimum Gasteiger partial charge on any atom is -0.396 e. The molecule has 106 valence electrons. The number of hydrogen-bond acceptors (Lipinski definition) is 3. The van der Waals surface area contributed by atoms with Crippen LogP contribution in [0.1, 0.15) is 25.7 Å². The molecule has 0 aliphatic carbocycles. The second kappa shape index (κ2) is 6.94. The van der Waals surface area contributed by atoms with E-state index in [0.29, 0.717) is 13.0 Å². The van der Waals surface area contributed by atoms with Gasteiger partial charge in [-0.05, 0) is 25.7 Å². The lowest BCUT2D eigenvalue weighted by Gasteiger charge is -2.35. The molecule has 1 aliphatic rings. The number of halogens is 3. The van der Waals surface area contributed by atoms with E-state index in [2.05, 4.69) is 4.74 Å². The second-order valence-electron chi connectivity index (χ2n) is 4.36. The van der Waals surface area contributed by atoms with Gasteiger partial charge in [0.05, 0.1) is 0 Å². The van der Waals surface area contributed by atoms with Crippen LogP contribution < -0.4 is 0 Å². The van der Waals surface area contributed by atoms with Gasteiger partial charge in [-0.25, -0.2) is 0 Å². The maximum atomic E-state index is 11.9. The van der Waals surface area contributed by atoms with Crippen molar-refractivity contribution in [3.8, 4) is 0 Å². The molecule has 0 spiro atoms. The van der Waals surface area contributed by atoms with Gasteiger partial charge in [0.1, 0.15) is 13.2 Å². The number of nitrogens with zero attached hydrogens (tertiary/aromatic N) is 1. The molecule has 1 amide bonds. The van der Waals surface area contributed by atoms with Gasteiger partial charge >= 0.3 is 6.18 Å². The van der Waals surface area contributed by atoms with Gasteiger partial charge in [-0.1, -0.05) is 0 Å². The summed E-state index contributed by atoms with van der Waals surface area (Å²) in [5.41, 5.74) is 0. The van der Waals surface area contributed by atoms with Gasteiger partial charge in [-0.2, -0.15) is 13.2 Å². The number of aliphatic hydroxyl groups excluding tert-OH is 1. The summed E-state index contributed by atoms with van der Waals surface area (Å²) in [6, 6.07) is -0.0780. The lowest BCUT2D eigenvalue weighted by atomic mass is 9.99. The third-order valence-corrected chi connectivity index (χ3v) is 2.90. The molecule has 1 heterocycles. The number of aliphatic hydroxyl groups is 1. The quantitative estimate of drug-likeness (QED) is 0.819. The smallest absolute Gasteiger partial charge is 0.396 e.